The minimum Gasteiger partial charge on any atom is -0.434 e. The summed E-state index contributed by atoms with van der Waals surface area (Å²) in [7, 11) is 0. The van der Waals surface area contributed by atoms with Crippen molar-refractivity contribution in [3.8, 4) is 11.5 Å². The second kappa shape index (κ2) is 6.07. The summed E-state index contributed by atoms with van der Waals surface area (Å²) >= 11 is 0. The highest BCUT2D eigenvalue weighted by atomic mass is 19.4. The number of carbonyl (C=O) groups excluding carboxylic acids is 1. The van der Waals surface area contributed by atoms with Crippen molar-refractivity contribution in [1.82, 2.24) is 9.97 Å². The van der Waals surface area contributed by atoms with Crippen LogP contribution < -0.4 is 0 Å². The van der Waals surface area contributed by atoms with Crippen molar-refractivity contribution in [2.75, 3.05) is 0 Å². The molecule has 0 saturated heterocycles. The summed E-state index contributed by atoms with van der Waals surface area (Å²) in [6.07, 6.45) is -3.29. The Kier molecular flexibility index (Phi) is 4.09. The van der Waals surface area contributed by atoms with Crippen molar-refractivity contribution in [1.29, 1.82) is 0 Å². The number of benzene rings is 1. The van der Waals surface area contributed by atoms with Crippen LogP contribution in [0, 0.1) is 0 Å². The second-order valence-electron chi connectivity index (χ2n) is 5.29. The fraction of sp³-hybridized carbons (Fsp3) is 0.235. The first-order valence-corrected chi connectivity index (χ1v) is 7.37. The molecule has 0 spiro atoms. The van der Waals surface area contributed by atoms with Crippen LogP contribution in [0.3, 0.4) is 0 Å². The molecule has 0 saturated carbocycles. The Hall–Kier alpha value is -2.70. The standard InChI is InChI=1S/C17H13F3N2O2/c1-2-3-13(23)12-8-9-14-15(21-12)22-16(24-14)10-4-6-11(7-5-10)17(18,19)20/h4-9H,2-3H2,1H3. The van der Waals surface area contributed by atoms with E-state index in [2.05, 4.69) is 9.97 Å². The molecule has 2 aromatic heterocycles. The number of Topliss-reactive ketones (excluding diaryl/α,β-unsaturated/α-hetero) is 1. The lowest BCUT2D eigenvalue weighted by Crippen LogP contribution is -2.03. The molecule has 0 fully saturated rings. The van der Waals surface area contributed by atoms with E-state index in [4.69, 9.17) is 4.42 Å². The number of rotatable bonds is 4. The van der Waals surface area contributed by atoms with E-state index < -0.39 is 11.7 Å². The maximum atomic E-state index is 12.6. The topological polar surface area (TPSA) is 56.0 Å². The highest BCUT2D eigenvalue weighted by molar-refractivity contribution is 5.95. The monoisotopic (exact) mass is 334 g/mol. The average Bonchev–Trinajstić information content (AvgIpc) is 2.97. The lowest BCUT2D eigenvalue weighted by atomic mass is 10.1. The van der Waals surface area contributed by atoms with Gasteiger partial charge in [-0.2, -0.15) is 18.2 Å². The molecular formula is C17H13F3N2O2. The molecule has 0 radical (unpaired) electrons. The Balaban J connectivity index is 1.94. The molecule has 3 rings (SSSR count). The van der Waals surface area contributed by atoms with Crippen molar-refractivity contribution >= 4 is 17.0 Å². The minimum atomic E-state index is -4.39. The van der Waals surface area contributed by atoms with Crippen LogP contribution in [0.2, 0.25) is 0 Å². The van der Waals surface area contributed by atoms with Crippen LogP contribution in [0.4, 0.5) is 13.2 Å². The van der Waals surface area contributed by atoms with E-state index in [0.717, 1.165) is 12.1 Å². The number of fused-ring (bicyclic) bond motifs is 1. The summed E-state index contributed by atoms with van der Waals surface area (Å²) in [6.45, 7) is 1.90. The Morgan fingerprint density at radius 1 is 1.08 bits per heavy atom. The van der Waals surface area contributed by atoms with Gasteiger partial charge in [-0.05, 0) is 42.8 Å². The molecular weight excluding hydrogens is 321 g/mol. The predicted octanol–water partition coefficient (Wildman–Crippen LogP) is 4.89. The molecule has 2 heterocycles. The van der Waals surface area contributed by atoms with Crippen molar-refractivity contribution in [3.63, 3.8) is 0 Å². The number of alkyl halides is 3. The first-order valence-electron chi connectivity index (χ1n) is 7.37. The molecule has 0 atom stereocenters. The van der Waals surface area contributed by atoms with E-state index in [1.54, 1.807) is 12.1 Å². The summed E-state index contributed by atoms with van der Waals surface area (Å²) in [5.74, 6) is 0.0739. The Morgan fingerprint density at radius 3 is 2.42 bits per heavy atom. The van der Waals surface area contributed by atoms with E-state index in [-0.39, 0.29) is 17.3 Å². The third-order valence-electron chi connectivity index (χ3n) is 3.48. The summed E-state index contributed by atoms with van der Waals surface area (Å²) in [5.41, 5.74) is 0.594. The molecule has 124 valence electrons. The first-order chi connectivity index (χ1) is 11.4. The molecule has 0 aliphatic heterocycles. The third kappa shape index (κ3) is 3.15. The zero-order valence-electron chi connectivity index (χ0n) is 12.7. The van der Waals surface area contributed by atoms with Crippen LogP contribution in [-0.4, -0.2) is 15.8 Å². The minimum absolute atomic E-state index is 0.0847. The van der Waals surface area contributed by atoms with Crippen LogP contribution in [0.1, 0.15) is 35.8 Å². The zero-order valence-corrected chi connectivity index (χ0v) is 12.7. The van der Waals surface area contributed by atoms with E-state index in [1.165, 1.54) is 12.1 Å². The normalized spacial score (nSPS) is 11.8. The van der Waals surface area contributed by atoms with Gasteiger partial charge >= 0.3 is 6.18 Å². The van der Waals surface area contributed by atoms with Gasteiger partial charge < -0.3 is 4.42 Å². The summed E-state index contributed by atoms with van der Waals surface area (Å²) in [6, 6.07) is 7.66. The Bertz CT molecular complexity index is 883. The molecule has 0 aliphatic rings. The molecule has 24 heavy (non-hydrogen) atoms. The Morgan fingerprint density at radius 2 is 1.79 bits per heavy atom. The van der Waals surface area contributed by atoms with Gasteiger partial charge in [-0.3, -0.25) is 4.79 Å². The van der Waals surface area contributed by atoms with Crippen LogP contribution >= 0.6 is 0 Å². The third-order valence-corrected chi connectivity index (χ3v) is 3.48. The van der Waals surface area contributed by atoms with Gasteiger partial charge in [0.2, 0.25) is 5.89 Å². The van der Waals surface area contributed by atoms with E-state index >= 15 is 0 Å². The van der Waals surface area contributed by atoms with Gasteiger partial charge in [-0.15, -0.1) is 0 Å². The van der Waals surface area contributed by atoms with Gasteiger partial charge in [0.25, 0.3) is 0 Å². The lowest BCUT2D eigenvalue weighted by Gasteiger charge is -2.05. The maximum Gasteiger partial charge on any atom is 0.416 e. The smallest absolute Gasteiger partial charge is 0.416 e. The highest BCUT2D eigenvalue weighted by Crippen LogP contribution is 2.31. The maximum absolute atomic E-state index is 12.6. The van der Waals surface area contributed by atoms with Crippen molar-refractivity contribution in [3.05, 3.63) is 47.7 Å². The van der Waals surface area contributed by atoms with Crippen LogP contribution in [-0.2, 0) is 6.18 Å². The van der Waals surface area contributed by atoms with Crippen molar-refractivity contribution in [2.45, 2.75) is 25.9 Å². The number of carbonyl (C=O) groups is 1. The van der Waals surface area contributed by atoms with Gasteiger partial charge in [-0.25, -0.2) is 4.98 Å². The molecule has 4 nitrogen and oxygen atoms in total. The summed E-state index contributed by atoms with van der Waals surface area (Å²) in [5, 5.41) is 0. The van der Waals surface area contributed by atoms with Gasteiger partial charge in [0.1, 0.15) is 5.69 Å². The van der Waals surface area contributed by atoms with Crippen molar-refractivity contribution in [2.24, 2.45) is 0 Å². The van der Waals surface area contributed by atoms with Crippen LogP contribution in [0.15, 0.2) is 40.8 Å². The van der Waals surface area contributed by atoms with E-state index in [1.807, 2.05) is 6.92 Å². The first kappa shape index (κ1) is 16.2. The SMILES string of the molecule is CCCC(=O)c1ccc2oc(-c3ccc(C(F)(F)F)cc3)nc2n1. The highest BCUT2D eigenvalue weighted by Gasteiger charge is 2.30. The largest absolute Gasteiger partial charge is 0.434 e. The zero-order chi connectivity index (χ0) is 17.3. The number of nitrogens with zero attached hydrogens (tertiary/aromatic N) is 2. The molecule has 0 N–H and O–H groups in total. The van der Waals surface area contributed by atoms with E-state index in [0.29, 0.717) is 29.7 Å². The van der Waals surface area contributed by atoms with Gasteiger partial charge in [0, 0.05) is 12.0 Å². The average molecular weight is 334 g/mol. The predicted molar refractivity (Wildman–Crippen MR) is 81.5 cm³/mol. The summed E-state index contributed by atoms with van der Waals surface area (Å²) in [4.78, 5) is 20.2. The Labute approximate surface area is 135 Å². The quantitative estimate of drug-likeness (QED) is 0.637. The number of hydrogen-bond acceptors (Lipinski definition) is 4. The molecule has 0 bridgehead atoms. The van der Waals surface area contributed by atoms with Crippen LogP contribution in [0.5, 0.6) is 0 Å². The van der Waals surface area contributed by atoms with Gasteiger partial charge in [0.15, 0.2) is 17.0 Å². The number of hydrogen-bond donors (Lipinski definition) is 0. The van der Waals surface area contributed by atoms with Crippen LogP contribution in [0.25, 0.3) is 22.7 Å². The van der Waals surface area contributed by atoms with E-state index in [9.17, 15) is 18.0 Å². The number of aromatic nitrogens is 2. The number of halogens is 3. The molecule has 0 amide bonds. The fourth-order valence-electron chi connectivity index (χ4n) is 2.25. The molecule has 0 unspecified atom stereocenters. The van der Waals surface area contributed by atoms with Gasteiger partial charge in [-0.1, -0.05) is 6.92 Å². The second-order valence-corrected chi connectivity index (χ2v) is 5.29. The van der Waals surface area contributed by atoms with Gasteiger partial charge in [0.05, 0.1) is 5.56 Å². The molecule has 3 aromatic rings. The molecule has 0 aliphatic carbocycles. The number of ketones is 1. The number of oxazole rings is 1. The fourth-order valence-corrected chi connectivity index (χ4v) is 2.25. The lowest BCUT2D eigenvalue weighted by molar-refractivity contribution is -0.137. The molecule has 7 heteroatoms. The number of pyridine rings is 1. The summed E-state index contributed by atoms with van der Waals surface area (Å²) < 4.78 is 43.3. The van der Waals surface area contributed by atoms with Crippen molar-refractivity contribution < 1.29 is 22.4 Å². The molecule has 1 aromatic carbocycles.